The van der Waals surface area contributed by atoms with Crippen LogP contribution in [0.3, 0.4) is 0 Å². The second-order valence-corrected chi connectivity index (χ2v) is 3.33. The van der Waals surface area contributed by atoms with Crippen LogP contribution in [-0.4, -0.2) is 20.8 Å². The molecular weight excluding hydrogens is 210 g/mol. The van der Waals surface area contributed by atoms with Gasteiger partial charge in [0.1, 0.15) is 11.9 Å². The van der Waals surface area contributed by atoms with Crippen LogP contribution in [0.25, 0.3) is 11.0 Å². The zero-order chi connectivity index (χ0) is 11.7. The molecule has 0 unspecified atom stereocenters. The fraction of sp³-hybridized carbons (Fsp3) is 0.222. The summed E-state index contributed by atoms with van der Waals surface area (Å²) < 4.78 is 1.55. The van der Waals surface area contributed by atoms with Crippen molar-refractivity contribution in [2.45, 2.75) is 13.1 Å². The van der Waals surface area contributed by atoms with Gasteiger partial charge in [0.25, 0.3) is 5.56 Å². The summed E-state index contributed by atoms with van der Waals surface area (Å²) in [4.78, 5) is 28.5. The van der Waals surface area contributed by atoms with Crippen LogP contribution in [0.1, 0.15) is 5.56 Å². The van der Waals surface area contributed by atoms with Crippen molar-refractivity contribution in [2.24, 2.45) is 5.73 Å². The van der Waals surface area contributed by atoms with E-state index in [1.165, 1.54) is 0 Å². The lowest BCUT2D eigenvalue weighted by Crippen LogP contribution is -2.13. The minimum atomic E-state index is -0.340. The molecule has 0 aromatic carbocycles. The monoisotopic (exact) mass is 221 g/mol. The van der Waals surface area contributed by atoms with Crippen LogP contribution >= 0.6 is 0 Å². The van der Waals surface area contributed by atoms with Crippen molar-refractivity contribution in [3.8, 4) is 0 Å². The maximum atomic E-state index is 11.7. The lowest BCUT2D eigenvalue weighted by molar-refractivity contribution is -0.108. The van der Waals surface area contributed by atoms with Crippen LogP contribution in [-0.2, 0) is 17.9 Å². The topological polar surface area (TPSA) is 120 Å². The molecular formula is C9H11N5O2. The van der Waals surface area contributed by atoms with Crippen LogP contribution in [0.4, 0.5) is 5.95 Å². The molecule has 2 rings (SSSR count). The molecule has 0 spiro atoms. The van der Waals surface area contributed by atoms with Gasteiger partial charge >= 0.3 is 0 Å². The Bertz CT molecular complexity index is 598. The molecule has 5 N–H and O–H groups in total. The van der Waals surface area contributed by atoms with E-state index in [2.05, 4.69) is 9.97 Å². The number of aromatic amines is 1. The maximum absolute atomic E-state index is 11.7. The van der Waals surface area contributed by atoms with Gasteiger partial charge in [0, 0.05) is 12.7 Å². The number of nitrogens with zero attached hydrogens (tertiary/aromatic N) is 2. The lowest BCUT2D eigenvalue weighted by Gasteiger charge is -1.98. The van der Waals surface area contributed by atoms with Crippen LogP contribution < -0.4 is 17.0 Å². The quantitative estimate of drug-likeness (QED) is 0.572. The summed E-state index contributed by atoms with van der Waals surface area (Å²) in [5.41, 5.74) is 11.6. The Morgan fingerprint density at radius 1 is 1.56 bits per heavy atom. The van der Waals surface area contributed by atoms with E-state index in [-0.39, 0.29) is 24.6 Å². The number of hydrogen-bond donors (Lipinski definition) is 3. The van der Waals surface area contributed by atoms with Crippen molar-refractivity contribution in [3.63, 3.8) is 0 Å². The standard InChI is InChI=1S/C9H11N5O2/c10-3-5-4-14(1-2-15)7-6(5)8(16)13-9(11)12-7/h2,4H,1,3,10H2,(H3,11,12,13,16). The minimum Gasteiger partial charge on any atom is -0.369 e. The number of anilines is 1. The molecule has 2 aromatic heterocycles. The number of nitrogen functional groups attached to an aromatic ring is 1. The second-order valence-electron chi connectivity index (χ2n) is 3.33. The van der Waals surface area contributed by atoms with E-state index in [4.69, 9.17) is 11.5 Å². The van der Waals surface area contributed by atoms with Gasteiger partial charge < -0.3 is 20.8 Å². The molecule has 7 heteroatoms. The van der Waals surface area contributed by atoms with Gasteiger partial charge in [0.05, 0.1) is 11.9 Å². The summed E-state index contributed by atoms with van der Waals surface area (Å²) in [6.07, 6.45) is 2.36. The first-order valence-electron chi connectivity index (χ1n) is 4.68. The molecule has 0 saturated carbocycles. The Balaban J connectivity index is 2.84. The first kappa shape index (κ1) is 10.4. The number of rotatable bonds is 3. The molecule has 2 aromatic rings. The summed E-state index contributed by atoms with van der Waals surface area (Å²) in [5, 5.41) is 0.388. The van der Waals surface area contributed by atoms with Crippen LogP contribution in [0.15, 0.2) is 11.0 Å². The average Bonchev–Trinajstić information content (AvgIpc) is 2.57. The van der Waals surface area contributed by atoms with Gasteiger partial charge in [0.15, 0.2) is 0 Å². The number of hydrogen-bond acceptors (Lipinski definition) is 5. The smallest absolute Gasteiger partial charge is 0.262 e. The molecule has 0 radical (unpaired) electrons. The predicted octanol–water partition coefficient (Wildman–Crippen LogP) is -1.04. The van der Waals surface area contributed by atoms with Gasteiger partial charge in [-0.1, -0.05) is 0 Å². The first-order valence-corrected chi connectivity index (χ1v) is 4.68. The van der Waals surface area contributed by atoms with Crippen molar-refractivity contribution >= 4 is 23.3 Å². The molecule has 2 heterocycles. The third-order valence-electron chi connectivity index (χ3n) is 2.31. The number of carbonyl (C=O) groups excluding carboxylic acids is 1. The summed E-state index contributed by atoms with van der Waals surface area (Å²) in [5.74, 6) is 0.0197. The molecule has 0 atom stereocenters. The van der Waals surface area contributed by atoms with Crippen LogP contribution in [0.5, 0.6) is 0 Å². The molecule has 0 amide bonds. The van der Waals surface area contributed by atoms with Gasteiger partial charge in [-0.2, -0.15) is 4.98 Å². The number of carbonyl (C=O) groups is 1. The largest absolute Gasteiger partial charge is 0.369 e. The number of nitrogens with two attached hydrogens (primary N) is 2. The van der Waals surface area contributed by atoms with Crippen molar-refractivity contribution in [3.05, 3.63) is 22.1 Å². The molecule has 0 aliphatic carbocycles. The summed E-state index contributed by atoms with van der Waals surface area (Å²) in [6.45, 7) is 0.323. The Morgan fingerprint density at radius 3 is 2.94 bits per heavy atom. The molecule has 16 heavy (non-hydrogen) atoms. The molecule has 0 fully saturated rings. The van der Waals surface area contributed by atoms with E-state index < -0.39 is 0 Å². The summed E-state index contributed by atoms with van der Waals surface area (Å²) in [6, 6.07) is 0. The number of aldehydes is 1. The Hall–Kier alpha value is -2.15. The average molecular weight is 221 g/mol. The molecule has 0 aliphatic rings. The van der Waals surface area contributed by atoms with Crippen molar-refractivity contribution in [2.75, 3.05) is 5.73 Å². The Morgan fingerprint density at radius 2 is 2.31 bits per heavy atom. The predicted molar refractivity (Wildman–Crippen MR) is 58.7 cm³/mol. The minimum absolute atomic E-state index is 0.0197. The number of aromatic nitrogens is 3. The van der Waals surface area contributed by atoms with E-state index in [1.807, 2.05) is 0 Å². The van der Waals surface area contributed by atoms with Crippen molar-refractivity contribution in [1.82, 2.24) is 14.5 Å². The molecule has 7 nitrogen and oxygen atoms in total. The molecule has 0 bridgehead atoms. The van der Waals surface area contributed by atoms with Gasteiger partial charge in [-0.05, 0) is 5.56 Å². The normalized spacial score (nSPS) is 10.8. The van der Waals surface area contributed by atoms with Gasteiger partial charge in [0.2, 0.25) is 5.95 Å². The second kappa shape index (κ2) is 3.78. The highest BCUT2D eigenvalue weighted by Gasteiger charge is 2.12. The zero-order valence-electron chi connectivity index (χ0n) is 8.43. The first-order chi connectivity index (χ1) is 7.67. The number of H-pyrrole nitrogens is 1. The maximum Gasteiger partial charge on any atom is 0.262 e. The Kier molecular flexibility index (Phi) is 2.45. The fourth-order valence-electron chi connectivity index (χ4n) is 1.66. The Labute approximate surface area is 90.1 Å². The molecule has 0 saturated heterocycles. The summed E-state index contributed by atoms with van der Waals surface area (Å²) >= 11 is 0. The van der Waals surface area contributed by atoms with E-state index in [0.717, 1.165) is 6.29 Å². The van der Waals surface area contributed by atoms with Crippen LogP contribution in [0.2, 0.25) is 0 Å². The number of fused-ring (bicyclic) bond motifs is 1. The number of nitrogens with one attached hydrogen (secondary N) is 1. The third-order valence-corrected chi connectivity index (χ3v) is 2.31. The molecule has 0 aliphatic heterocycles. The third kappa shape index (κ3) is 1.47. The van der Waals surface area contributed by atoms with Gasteiger partial charge in [-0.25, -0.2) is 0 Å². The van der Waals surface area contributed by atoms with Gasteiger partial charge in [-0.15, -0.1) is 0 Å². The highest BCUT2D eigenvalue weighted by molar-refractivity contribution is 5.81. The van der Waals surface area contributed by atoms with E-state index in [0.29, 0.717) is 16.6 Å². The van der Waals surface area contributed by atoms with Crippen molar-refractivity contribution < 1.29 is 4.79 Å². The van der Waals surface area contributed by atoms with Gasteiger partial charge in [-0.3, -0.25) is 9.78 Å². The zero-order valence-corrected chi connectivity index (χ0v) is 8.43. The lowest BCUT2D eigenvalue weighted by atomic mass is 10.2. The van der Waals surface area contributed by atoms with Crippen molar-refractivity contribution in [1.29, 1.82) is 0 Å². The summed E-state index contributed by atoms with van der Waals surface area (Å²) in [7, 11) is 0. The SMILES string of the molecule is NCc1cn(CC=O)c2nc(N)[nH]c(=O)c12. The highest BCUT2D eigenvalue weighted by atomic mass is 16.1. The highest BCUT2D eigenvalue weighted by Crippen LogP contribution is 2.15. The van der Waals surface area contributed by atoms with E-state index in [9.17, 15) is 9.59 Å². The molecule has 84 valence electrons. The van der Waals surface area contributed by atoms with E-state index in [1.54, 1.807) is 10.8 Å². The fourth-order valence-corrected chi connectivity index (χ4v) is 1.66. The van der Waals surface area contributed by atoms with Crippen LogP contribution in [0, 0.1) is 0 Å². The van der Waals surface area contributed by atoms with E-state index >= 15 is 0 Å².